The van der Waals surface area contributed by atoms with Crippen molar-refractivity contribution in [2.75, 3.05) is 13.1 Å². The molecule has 0 spiro atoms. The van der Waals surface area contributed by atoms with E-state index in [1.165, 1.54) is 44.2 Å². The SMILES string of the molecule is CCCNCCCCCc1cnn(C)c1. The first-order valence-electron chi connectivity index (χ1n) is 6.01. The van der Waals surface area contributed by atoms with Gasteiger partial charge in [0.1, 0.15) is 0 Å². The fourth-order valence-corrected chi connectivity index (χ4v) is 1.66. The monoisotopic (exact) mass is 209 g/mol. The standard InChI is InChI=1S/C12H23N3/c1-3-8-13-9-6-4-5-7-12-10-14-15(2)11-12/h10-11,13H,3-9H2,1-2H3. The normalized spacial score (nSPS) is 10.8. The number of hydrogen-bond acceptors (Lipinski definition) is 2. The molecule has 0 bridgehead atoms. The molecule has 0 aromatic carbocycles. The lowest BCUT2D eigenvalue weighted by atomic mass is 10.1. The topological polar surface area (TPSA) is 29.9 Å². The van der Waals surface area contributed by atoms with Gasteiger partial charge in [-0.2, -0.15) is 5.10 Å². The van der Waals surface area contributed by atoms with Gasteiger partial charge in [0, 0.05) is 13.2 Å². The minimum absolute atomic E-state index is 1.16. The van der Waals surface area contributed by atoms with Crippen LogP contribution in [0.5, 0.6) is 0 Å². The van der Waals surface area contributed by atoms with Gasteiger partial charge in [-0.25, -0.2) is 0 Å². The lowest BCUT2D eigenvalue weighted by molar-refractivity contribution is 0.599. The van der Waals surface area contributed by atoms with Crippen molar-refractivity contribution in [3.8, 4) is 0 Å². The number of rotatable bonds is 8. The Morgan fingerprint density at radius 3 is 2.80 bits per heavy atom. The molecule has 86 valence electrons. The number of aromatic nitrogens is 2. The quantitative estimate of drug-likeness (QED) is 0.665. The van der Waals surface area contributed by atoms with Gasteiger partial charge in [0.15, 0.2) is 0 Å². The third-order valence-corrected chi connectivity index (χ3v) is 2.50. The zero-order valence-corrected chi connectivity index (χ0v) is 10.00. The summed E-state index contributed by atoms with van der Waals surface area (Å²) >= 11 is 0. The van der Waals surface area contributed by atoms with E-state index in [-0.39, 0.29) is 0 Å². The zero-order chi connectivity index (χ0) is 10.9. The first-order valence-corrected chi connectivity index (χ1v) is 6.01. The third kappa shape index (κ3) is 5.57. The van der Waals surface area contributed by atoms with Crippen molar-refractivity contribution in [1.29, 1.82) is 0 Å². The minimum atomic E-state index is 1.16. The number of aryl methyl sites for hydroxylation is 2. The number of nitrogens with one attached hydrogen (secondary N) is 1. The molecule has 0 aliphatic rings. The van der Waals surface area contributed by atoms with E-state index in [0.717, 1.165) is 6.54 Å². The van der Waals surface area contributed by atoms with Crippen LogP contribution in [0.25, 0.3) is 0 Å². The average molecular weight is 209 g/mol. The molecular weight excluding hydrogens is 186 g/mol. The molecule has 0 amide bonds. The molecule has 0 fully saturated rings. The molecule has 0 radical (unpaired) electrons. The molecule has 1 aromatic heterocycles. The first-order chi connectivity index (χ1) is 7.33. The zero-order valence-electron chi connectivity index (χ0n) is 10.00. The van der Waals surface area contributed by atoms with Crippen molar-refractivity contribution >= 4 is 0 Å². The summed E-state index contributed by atoms with van der Waals surface area (Å²) in [6, 6.07) is 0. The highest BCUT2D eigenvalue weighted by Crippen LogP contribution is 2.04. The van der Waals surface area contributed by atoms with Gasteiger partial charge in [-0.15, -0.1) is 0 Å². The van der Waals surface area contributed by atoms with Gasteiger partial charge in [-0.1, -0.05) is 13.3 Å². The van der Waals surface area contributed by atoms with Gasteiger partial charge in [0.2, 0.25) is 0 Å². The maximum absolute atomic E-state index is 4.16. The highest BCUT2D eigenvalue weighted by Gasteiger charge is 1.95. The van der Waals surface area contributed by atoms with E-state index in [1.807, 2.05) is 17.9 Å². The Labute approximate surface area is 92.9 Å². The van der Waals surface area contributed by atoms with Crippen LogP contribution >= 0.6 is 0 Å². The van der Waals surface area contributed by atoms with Crippen molar-refractivity contribution in [3.05, 3.63) is 18.0 Å². The molecule has 0 aliphatic heterocycles. The average Bonchev–Trinajstić information content (AvgIpc) is 2.63. The molecule has 0 saturated carbocycles. The summed E-state index contributed by atoms with van der Waals surface area (Å²) < 4.78 is 1.87. The second kappa shape index (κ2) is 7.46. The van der Waals surface area contributed by atoms with Crippen LogP contribution < -0.4 is 5.32 Å². The molecule has 0 unspecified atom stereocenters. The second-order valence-electron chi connectivity index (χ2n) is 4.08. The Hall–Kier alpha value is -0.830. The second-order valence-corrected chi connectivity index (χ2v) is 4.08. The number of nitrogens with zero attached hydrogens (tertiary/aromatic N) is 2. The van der Waals surface area contributed by atoms with E-state index < -0.39 is 0 Å². The summed E-state index contributed by atoms with van der Waals surface area (Å²) in [5.74, 6) is 0. The Morgan fingerprint density at radius 2 is 2.13 bits per heavy atom. The lowest BCUT2D eigenvalue weighted by Gasteiger charge is -2.02. The van der Waals surface area contributed by atoms with E-state index in [4.69, 9.17) is 0 Å². The Balaban J connectivity index is 1.93. The van der Waals surface area contributed by atoms with Crippen molar-refractivity contribution in [1.82, 2.24) is 15.1 Å². The van der Waals surface area contributed by atoms with Crippen LogP contribution in [-0.2, 0) is 13.5 Å². The lowest BCUT2D eigenvalue weighted by Crippen LogP contribution is -2.15. The Bertz CT molecular complexity index is 255. The van der Waals surface area contributed by atoms with Gasteiger partial charge in [-0.05, 0) is 44.3 Å². The minimum Gasteiger partial charge on any atom is -0.317 e. The van der Waals surface area contributed by atoms with Crippen LogP contribution in [0.1, 0.15) is 38.2 Å². The molecule has 1 heterocycles. The number of hydrogen-bond donors (Lipinski definition) is 1. The van der Waals surface area contributed by atoms with E-state index in [1.54, 1.807) is 0 Å². The molecule has 0 aliphatic carbocycles. The fourth-order valence-electron chi connectivity index (χ4n) is 1.66. The molecule has 15 heavy (non-hydrogen) atoms. The van der Waals surface area contributed by atoms with E-state index in [2.05, 4.69) is 23.5 Å². The first kappa shape index (κ1) is 12.2. The van der Waals surface area contributed by atoms with Gasteiger partial charge >= 0.3 is 0 Å². The van der Waals surface area contributed by atoms with Crippen molar-refractivity contribution in [2.24, 2.45) is 7.05 Å². The van der Waals surface area contributed by atoms with Crippen LogP contribution in [0.15, 0.2) is 12.4 Å². The fraction of sp³-hybridized carbons (Fsp3) is 0.750. The number of unbranched alkanes of at least 4 members (excludes halogenated alkanes) is 2. The Kier molecular flexibility index (Phi) is 6.09. The third-order valence-electron chi connectivity index (χ3n) is 2.50. The molecule has 3 heteroatoms. The van der Waals surface area contributed by atoms with Crippen molar-refractivity contribution < 1.29 is 0 Å². The summed E-state index contributed by atoms with van der Waals surface area (Å²) in [6.07, 6.45) is 10.4. The smallest absolute Gasteiger partial charge is 0.0521 e. The van der Waals surface area contributed by atoms with Crippen LogP contribution in [-0.4, -0.2) is 22.9 Å². The predicted octanol–water partition coefficient (Wildman–Crippen LogP) is 2.13. The molecule has 1 N–H and O–H groups in total. The van der Waals surface area contributed by atoms with E-state index in [9.17, 15) is 0 Å². The summed E-state index contributed by atoms with van der Waals surface area (Å²) in [5.41, 5.74) is 1.36. The van der Waals surface area contributed by atoms with Crippen LogP contribution in [0.2, 0.25) is 0 Å². The van der Waals surface area contributed by atoms with Crippen LogP contribution in [0.4, 0.5) is 0 Å². The highest BCUT2D eigenvalue weighted by atomic mass is 15.2. The van der Waals surface area contributed by atoms with Gasteiger partial charge in [0.25, 0.3) is 0 Å². The van der Waals surface area contributed by atoms with Crippen molar-refractivity contribution in [3.63, 3.8) is 0 Å². The van der Waals surface area contributed by atoms with Crippen molar-refractivity contribution in [2.45, 2.75) is 39.0 Å². The molecule has 1 rings (SSSR count). The molecule has 3 nitrogen and oxygen atoms in total. The van der Waals surface area contributed by atoms with E-state index >= 15 is 0 Å². The summed E-state index contributed by atoms with van der Waals surface area (Å²) in [6.45, 7) is 4.53. The summed E-state index contributed by atoms with van der Waals surface area (Å²) in [4.78, 5) is 0. The molecule has 1 aromatic rings. The molecular formula is C12H23N3. The largest absolute Gasteiger partial charge is 0.317 e. The summed E-state index contributed by atoms with van der Waals surface area (Å²) in [5, 5.41) is 7.58. The predicted molar refractivity (Wildman–Crippen MR) is 63.9 cm³/mol. The maximum atomic E-state index is 4.16. The van der Waals surface area contributed by atoms with Crippen LogP contribution in [0, 0.1) is 0 Å². The maximum Gasteiger partial charge on any atom is 0.0521 e. The van der Waals surface area contributed by atoms with Gasteiger partial charge < -0.3 is 5.32 Å². The highest BCUT2D eigenvalue weighted by molar-refractivity contribution is 5.03. The van der Waals surface area contributed by atoms with Crippen LogP contribution in [0.3, 0.4) is 0 Å². The Morgan fingerprint density at radius 1 is 1.27 bits per heavy atom. The molecule has 0 atom stereocenters. The summed E-state index contributed by atoms with van der Waals surface area (Å²) in [7, 11) is 1.97. The van der Waals surface area contributed by atoms with E-state index in [0.29, 0.717) is 0 Å². The van der Waals surface area contributed by atoms with Gasteiger partial charge in [-0.3, -0.25) is 4.68 Å². The van der Waals surface area contributed by atoms with Gasteiger partial charge in [0.05, 0.1) is 6.20 Å². The molecule has 0 saturated heterocycles.